The highest BCUT2D eigenvalue weighted by Crippen LogP contribution is 2.09. The third kappa shape index (κ3) is 3.69. The summed E-state index contributed by atoms with van der Waals surface area (Å²) >= 11 is 0.943. The number of nitrogens with zero attached hydrogens (tertiary/aromatic N) is 1. The Bertz CT molecular complexity index is 504. The monoisotopic (exact) mass is 271 g/mol. The van der Waals surface area contributed by atoms with Crippen molar-refractivity contribution in [1.82, 2.24) is 15.2 Å². The predicted octanol–water partition coefficient (Wildman–Crippen LogP) is 0.0112. The summed E-state index contributed by atoms with van der Waals surface area (Å²) in [6, 6.07) is 0. The van der Waals surface area contributed by atoms with Crippen LogP contribution in [-0.4, -0.2) is 29.5 Å². The molecule has 0 aliphatic rings. The molecule has 0 bridgehead atoms. The highest BCUT2D eigenvalue weighted by atomic mass is 32.1. The second-order valence-electron chi connectivity index (χ2n) is 3.93. The van der Waals surface area contributed by atoms with E-state index in [-0.39, 0.29) is 16.7 Å². The van der Waals surface area contributed by atoms with E-state index >= 15 is 0 Å². The van der Waals surface area contributed by atoms with Crippen molar-refractivity contribution in [2.45, 2.75) is 20.3 Å². The van der Waals surface area contributed by atoms with Gasteiger partial charge in [-0.1, -0.05) is 11.3 Å². The zero-order valence-corrected chi connectivity index (χ0v) is 11.5. The second kappa shape index (κ2) is 6.34. The van der Waals surface area contributed by atoms with Crippen LogP contribution < -0.4 is 15.5 Å². The van der Waals surface area contributed by atoms with Crippen LogP contribution in [0.2, 0.25) is 0 Å². The number of carbonyl (C=O) groups is 2. The van der Waals surface area contributed by atoms with Crippen molar-refractivity contribution in [1.29, 1.82) is 0 Å². The number of rotatable bonds is 5. The molecule has 18 heavy (non-hydrogen) atoms. The van der Waals surface area contributed by atoms with Crippen molar-refractivity contribution in [2.75, 3.05) is 13.1 Å². The number of nitrogens with one attached hydrogen (secondary N) is 2. The lowest BCUT2D eigenvalue weighted by molar-refractivity contribution is -0.118. The average molecular weight is 271 g/mol. The number of aromatic nitrogens is 1. The Hall–Kier alpha value is -1.63. The number of amides is 2. The quantitative estimate of drug-likeness (QED) is 0.740. The SMILES string of the molecule is CC(=O)NCCCNC(=O)c1sc(=O)n(C)c1C. The minimum absolute atomic E-state index is 0.0848. The van der Waals surface area contributed by atoms with E-state index in [1.54, 1.807) is 14.0 Å². The van der Waals surface area contributed by atoms with E-state index in [0.29, 0.717) is 30.1 Å². The van der Waals surface area contributed by atoms with Crippen LogP contribution >= 0.6 is 11.3 Å². The van der Waals surface area contributed by atoms with E-state index in [1.165, 1.54) is 11.5 Å². The van der Waals surface area contributed by atoms with Gasteiger partial charge in [-0.3, -0.25) is 14.4 Å². The van der Waals surface area contributed by atoms with Gasteiger partial charge in [-0.05, 0) is 13.3 Å². The molecular formula is C11H17N3O3S. The van der Waals surface area contributed by atoms with E-state index in [0.717, 1.165) is 11.3 Å². The summed E-state index contributed by atoms with van der Waals surface area (Å²) in [5, 5.41) is 5.36. The molecule has 0 unspecified atom stereocenters. The number of thiazole rings is 1. The van der Waals surface area contributed by atoms with Crippen molar-refractivity contribution in [3.8, 4) is 0 Å². The van der Waals surface area contributed by atoms with E-state index in [4.69, 9.17) is 0 Å². The first-order valence-electron chi connectivity index (χ1n) is 5.62. The highest BCUT2D eigenvalue weighted by molar-refractivity contribution is 7.11. The number of hydrogen-bond acceptors (Lipinski definition) is 4. The molecule has 0 fully saturated rings. The summed E-state index contributed by atoms with van der Waals surface area (Å²) < 4.78 is 1.46. The molecular weight excluding hydrogens is 254 g/mol. The van der Waals surface area contributed by atoms with Crippen LogP contribution in [0.15, 0.2) is 4.79 Å². The summed E-state index contributed by atoms with van der Waals surface area (Å²) in [6.07, 6.45) is 0.659. The molecule has 2 N–H and O–H groups in total. The van der Waals surface area contributed by atoms with Crippen molar-refractivity contribution in [3.63, 3.8) is 0 Å². The molecule has 1 aromatic heterocycles. The van der Waals surface area contributed by atoms with Gasteiger partial charge in [0.25, 0.3) is 5.91 Å². The lowest BCUT2D eigenvalue weighted by atomic mass is 10.3. The van der Waals surface area contributed by atoms with E-state index in [1.807, 2.05) is 0 Å². The third-order valence-corrected chi connectivity index (χ3v) is 3.65. The van der Waals surface area contributed by atoms with Crippen LogP contribution in [0, 0.1) is 6.92 Å². The number of carbonyl (C=O) groups excluding carboxylic acids is 2. The van der Waals surface area contributed by atoms with Gasteiger partial charge in [0.2, 0.25) is 5.91 Å². The topological polar surface area (TPSA) is 80.2 Å². The van der Waals surface area contributed by atoms with Crippen LogP contribution in [0.25, 0.3) is 0 Å². The molecule has 1 aromatic rings. The molecule has 7 heteroatoms. The molecule has 0 aromatic carbocycles. The van der Waals surface area contributed by atoms with Gasteiger partial charge in [0, 0.05) is 32.8 Å². The van der Waals surface area contributed by atoms with Gasteiger partial charge in [-0.25, -0.2) is 0 Å². The fraction of sp³-hybridized carbons (Fsp3) is 0.545. The van der Waals surface area contributed by atoms with Crippen LogP contribution in [0.4, 0.5) is 0 Å². The van der Waals surface area contributed by atoms with Gasteiger partial charge >= 0.3 is 4.87 Å². The van der Waals surface area contributed by atoms with Gasteiger partial charge in [0.15, 0.2) is 0 Å². The molecule has 0 saturated carbocycles. The average Bonchev–Trinajstić information content (AvgIpc) is 2.56. The minimum Gasteiger partial charge on any atom is -0.356 e. The molecule has 0 atom stereocenters. The standard InChI is InChI=1S/C11H17N3O3S/c1-7-9(18-11(17)14(7)3)10(16)13-6-4-5-12-8(2)15/h4-6H2,1-3H3,(H,12,15)(H,13,16). The lowest BCUT2D eigenvalue weighted by Gasteiger charge is -2.05. The Labute approximate surface area is 109 Å². The van der Waals surface area contributed by atoms with Gasteiger partial charge in [-0.2, -0.15) is 0 Å². The minimum atomic E-state index is -0.238. The highest BCUT2D eigenvalue weighted by Gasteiger charge is 2.14. The Balaban J connectivity index is 2.44. The maximum atomic E-state index is 11.8. The van der Waals surface area contributed by atoms with Crippen molar-refractivity contribution < 1.29 is 9.59 Å². The predicted molar refractivity (Wildman–Crippen MR) is 69.9 cm³/mol. The Kier molecular flexibility index (Phi) is 5.08. The maximum absolute atomic E-state index is 11.8. The number of hydrogen-bond donors (Lipinski definition) is 2. The summed E-state index contributed by atoms with van der Waals surface area (Å²) in [4.78, 5) is 34.1. The van der Waals surface area contributed by atoms with Gasteiger partial charge in [0.1, 0.15) is 4.88 Å². The Morgan fingerprint density at radius 1 is 1.28 bits per heavy atom. The summed E-state index contributed by atoms with van der Waals surface area (Å²) in [5.41, 5.74) is 0.671. The first-order chi connectivity index (χ1) is 8.43. The van der Waals surface area contributed by atoms with Crippen LogP contribution in [0.3, 0.4) is 0 Å². The first-order valence-corrected chi connectivity index (χ1v) is 6.44. The molecule has 0 spiro atoms. The lowest BCUT2D eigenvalue weighted by Crippen LogP contribution is -2.28. The normalized spacial score (nSPS) is 10.2. The van der Waals surface area contributed by atoms with E-state index in [9.17, 15) is 14.4 Å². The fourth-order valence-electron chi connectivity index (χ4n) is 1.36. The van der Waals surface area contributed by atoms with Crippen molar-refractivity contribution >= 4 is 23.2 Å². The van der Waals surface area contributed by atoms with Crippen molar-refractivity contribution in [3.05, 3.63) is 20.2 Å². The molecule has 1 rings (SSSR count). The van der Waals surface area contributed by atoms with Crippen LogP contribution in [-0.2, 0) is 11.8 Å². The molecule has 1 heterocycles. The Morgan fingerprint density at radius 3 is 2.39 bits per heavy atom. The zero-order chi connectivity index (χ0) is 13.7. The first kappa shape index (κ1) is 14.4. The summed E-state index contributed by atoms with van der Waals surface area (Å²) in [5.74, 6) is -0.323. The van der Waals surface area contributed by atoms with Gasteiger partial charge in [0.05, 0.1) is 0 Å². The second-order valence-corrected chi connectivity index (χ2v) is 4.90. The Morgan fingerprint density at radius 2 is 1.89 bits per heavy atom. The molecule has 100 valence electrons. The molecule has 0 radical (unpaired) electrons. The fourth-order valence-corrected chi connectivity index (χ4v) is 2.26. The third-order valence-electron chi connectivity index (χ3n) is 2.51. The molecule has 0 aliphatic heterocycles. The van der Waals surface area contributed by atoms with Gasteiger partial charge in [-0.15, -0.1) is 0 Å². The van der Waals surface area contributed by atoms with Crippen LogP contribution in [0.1, 0.15) is 28.7 Å². The molecule has 0 saturated heterocycles. The molecule has 2 amide bonds. The smallest absolute Gasteiger partial charge is 0.307 e. The van der Waals surface area contributed by atoms with Gasteiger partial charge < -0.3 is 15.2 Å². The van der Waals surface area contributed by atoms with E-state index < -0.39 is 0 Å². The maximum Gasteiger partial charge on any atom is 0.307 e. The van der Waals surface area contributed by atoms with Crippen molar-refractivity contribution in [2.24, 2.45) is 7.05 Å². The van der Waals surface area contributed by atoms with E-state index in [2.05, 4.69) is 10.6 Å². The zero-order valence-electron chi connectivity index (χ0n) is 10.7. The summed E-state index contributed by atoms with van der Waals surface area (Å²) in [6.45, 7) is 4.18. The van der Waals surface area contributed by atoms with Crippen LogP contribution in [0.5, 0.6) is 0 Å². The molecule has 0 aliphatic carbocycles. The molecule has 6 nitrogen and oxygen atoms in total. The summed E-state index contributed by atoms with van der Waals surface area (Å²) in [7, 11) is 1.64. The largest absolute Gasteiger partial charge is 0.356 e.